The summed E-state index contributed by atoms with van der Waals surface area (Å²) in [6.45, 7) is 1.88. The van der Waals surface area contributed by atoms with Crippen LogP contribution in [0.3, 0.4) is 0 Å². The molecule has 21 heavy (non-hydrogen) atoms. The molecule has 1 N–H and O–H groups in total. The van der Waals surface area contributed by atoms with Crippen molar-refractivity contribution >= 4 is 11.3 Å². The van der Waals surface area contributed by atoms with Gasteiger partial charge in [-0.25, -0.2) is 9.37 Å². The Balaban J connectivity index is 1.89. The highest BCUT2D eigenvalue weighted by atomic mass is 32.1. The van der Waals surface area contributed by atoms with Gasteiger partial charge in [0.05, 0.1) is 4.88 Å². The first-order valence-corrected chi connectivity index (χ1v) is 7.27. The lowest BCUT2D eigenvalue weighted by atomic mass is 10.1. The van der Waals surface area contributed by atoms with E-state index in [1.165, 1.54) is 23.5 Å². The summed E-state index contributed by atoms with van der Waals surface area (Å²) in [4.78, 5) is 9.17. The molecule has 1 unspecified atom stereocenters. The fourth-order valence-corrected chi connectivity index (χ4v) is 2.98. The first kappa shape index (κ1) is 13.9. The molecule has 5 heteroatoms. The summed E-state index contributed by atoms with van der Waals surface area (Å²) < 4.78 is 12.9. The van der Waals surface area contributed by atoms with E-state index < -0.39 is 6.10 Å². The zero-order valence-corrected chi connectivity index (χ0v) is 12.1. The summed E-state index contributed by atoms with van der Waals surface area (Å²) >= 11 is 1.40. The predicted molar refractivity (Wildman–Crippen MR) is 80.5 cm³/mol. The maximum absolute atomic E-state index is 12.9. The molecule has 0 aliphatic carbocycles. The summed E-state index contributed by atoms with van der Waals surface area (Å²) in [5.74, 6) is -0.275. The molecule has 3 rings (SSSR count). The minimum Gasteiger partial charge on any atom is -0.383 e. The number of halogens is 1. The van der Waals surface area contributed by atoms with E-state index in [2.05, 4.69) is 9.97 Å². The zero-order valence-electron chi connectivity index (χ0n) is 11.3. The van der Waals surface area contributed by atoms with Gasteiger partial charge in [-0.05, 0) is 48.9 Å². The van der Waals surface area contributed by atoms with Gasteiger partial charge in [0, 0.05) is 23.7 Å². The summed E-state index contributed by atoms with van der Waals surface area (Å²) in [5.41, 5.74) is 2.48. The van der Waals surface area contributed by atoms with Gasteiger partial charge in [-0.1, -0.05) is 0 Å². The molecule has 0 saturated heterocycles. The van der Waals surface area contributed by atoms with Crippen molar-refractivity contribution < 1.29 is 9.50 Å². The molecule has 3 aromatic rings. The predicted octanol–water partition coefficient (Wildman–Crippen LogP) is 3.73. The Morgan fingerprint density at radius 1 is 1.14 bits per heavy atom. The lowest BCUT2D eigenvalue weighted by Gasteiger charge is -2.08. The molecule has 0 spiro atoms. The van der Waals surface area contributed by atoms with Gasteiger partial charge in [0.15, 0.2) is 0 Å². The van der Waals surface area contributed by atoms with E-state index in [4.69, 9.17) is 0 Å². The molecule has 0 saturated carbocycles. The molecule has 106 valence electrons. The third-order valence-electron chi connectivity index (χ3n) is 3.12. The van der Waals surface area contributed by atoms with Crippen molar-refractivity contribution in [2.45, 2.75) is 13.0 Å². The SMILES string of the molecule is Cc1cc(C(O)c2cnc(-c3ccc(F)cc3)s2)ccn1. The fourth-order valence-electron chi connectivity index (χ4n) is 2.04. The lowest BCUT2D eigenvalue weighted by Crippen LogP contribution is -1.98. The summed E-state index contributed by atoms with van der Waals surface area (Å²) in [6, 6.07) is 9.80. The van der Waals surface area contributed by atoms with Crippen molar-refractivity contribution in [3.8, 4) is 10.6 Å². The largest absolute Gasteiger partial charge is 0.383 e. The molecule has 0 aliphatic heterocycles. The first-order valence-electron chi connectivity index (χ1n) is 6.46. The van der Waals surface area contributed by atoms with Crippen LogP contribution in [0.15, 0.2) is 48.8 Å². The Morgan fingerprint density at radius 3 is 2.62 bits per heavy atom. The Bertz CT molecular complexity index is 755. The average molecular weight is 300 g/mol. The van der Waals surface area contributed by atoms with Crippen LogP contribution in [0.4, 0.5) is 4.39 Å². The maximum Gasteiger partial charge on any atom is 0.123 e. The van der Waals surface area contributed by atoms with Crippen molar-refractivity contribution in [3.05, 3.63) is 70.7 Å². The molecule has 1 atom stereocenters. The van der Waals surface area contributed by atoms with Crippen molar-refractivity contribution in [2.24, 2.45) is 0 Å². The van der Waals surface area contributed by atoms with Crippen LogP contribution in [-0.2, 0) is 0 Å². The Labute approximate surface area is 125 Å². The second kappa shape index (κ2) is 5.71. The molecule has 0 bridgehead atoms. The normalized spacial score (nSPS) is 12.3. The molecule has 2 heterocycles. The van der Waals surface area contributed by atoms with Crippen LogP contribution in [-0.4, -0.2) is 15.1 Å². The van der Waals surface area contributed by atoms with E-state index >= 15 is 0 Å². The molecule has 0 amide bonds. The minimum absolute atomic E-state index is 0.275. The van der Waals surface area contributed by atoms with Crippen molar-refractivity contribution in [1.29, 1.82) is 0 Å². The van der Waals surface area contributed by atoms with Gasteiger partial charge >= 0.3 is 0 Å². The molecular formula is C16H13FN2OS. The van der Waals surface area contributed by atoms with Gasteiger partial charge in [-0.3, -0.25) is 4.98 Å². The standard InChI is InChI=1S/C16H13FN2OS/c1-10-8-12(6-7-18-10)15(20)14-9-19-16(21-14)11-2-4-13(17)5-3-11/h2-9,15,20H,1H3. The fraction of sp³-hybridized carbons (Fsp3) is 0.125. The highest BCUT2D eigenvalue weighted by Gasteiger charge is 2.15. The molecule has 0 fully saturated rings. The van der Waals surface area contributed by atoms with Gasteiger partial charge in [0.1, 0.15) is 16.9 Å². The number of hydrogen-bond acceptors (Lipinski definition) is 4. The minimum atomic E-state index is -0.724. The summed E-state index contributed by atoms with van der Waals surface area (Å²) in [5, 5.41) is 11.2. The second-order valence-corrected chi connectivity index (χ2v) is 5.77. The third-order valence-corrected chi connectivity index (χ3v) is 4.22. The number of rotatable bonds is 3. The quantitative estimate of drug-likeness (QED) is 0.801. The molecule has 1 aromatic carbocycles. The van der Waals surface area contributed by atoms with Gasteiger partial charge in [-0.2, -0.15) is 0 Å². The summed E-state index contributed by atoms with van der Waals surface area (Å²) in [7, 11) is 0. The Kier molecular flexibility index (Phi) is 3.77. The number of aliphatic hydroxyl groups excluding tert-OH is 1. The van der Waals surface area contributed by atoms with Crippen LogP contribution in [0, 0.1) is 12.7 Å². The van der Waals surface area contributed by atoms with Crippen molar-refractivity contribution in [1.82, 2.24) is 9.97 Å². The topological polar surface area (TPSA) is 46.0 Å². The first-order chi connectivity index (χ1) is 10.1. The number of aryl methyl sites for hydroxylation is 1. The van der Waals surface area contributed by atoms with E-state index in [-0.39, 0.29) is 5.82 Å². The number of hydrogen-bond donors (Lipinski definition) is 1. The van der Waals surface area contributed by atoms with Gasteiger partial charge in [-0.15, -0.1) is 11.3 Å². The van der Waals surface area contributed by atoms with E-state index in [1.54, 1.807) is 30.6 Å². The van der Waals surface area contributed by atoms with Crippen LogP contribution in [0.1, 0.15) is 22.2 Å². The van der Waals surface area contributed by atoms with Gasteiger partial charge in [0.25, 0.3) is 0 Å². The number of nitrogens with zero attached hydrogens (tertiary/aromatic N) is 2. The molecule has 0 radical (unpaired) electrons. The van der Waals surface area contributed by atoms with Crippen LogP contribution in [0.25, 0.3) is 10.6 Å². The van der Waals surface area contributed by atoms with Crippen LogP contribution in [0.5, 0.6) is 0 Å². The number of aromatic nitrogens is 2. The number of pyridine rings is 1. The third kappa shape index (κ3) is 2.99. The van der Waals surface area contributed by atoms with E-state index in [0.717, 1.165) is 26.7 Å². The van der Waals surface area contributed by atoms with Crippen molar-refractivity contribution in [2.75, 3.05) is 0 Å². The van der Waals surface area contributed by atoms with Gasteiger partial charge in [0.2, 0.25) is 0 Å². The highest BCUT2D eigenvalue weighted by Crippen LogP contribution is 2.31. The molecular weight excluding hydrogens is 287 g/mol. The molecule has 2 aromatic heterocycles. The number of benzene rings is 1. The van der Waals surface area contributed by atoms with E-state index in [9.17, 15) is 9.50 Å². The molecule has 3 nitrogen and oxygen atoms in total. The van der Waals surface area contributed by atoms with Crippen LogP contribution >= 0.6 is 11.3 Å². The zero-order chi connectivity index (χ0) is 14.8. The Morgan fingerprint density at radius 2 is 1.90 bits per heavy atom. The number of thiazole rings is 1. The monoisotopic (exact) mass is 300 g/mol. The highest BCUT2D eigenvalue weighted by molar-refractivity contribution is 7.15. The number of aliphatic hydroxyl groups is 1. The smallest absolute Gasteiger partial charge is 0.123 e. The van der Waals surface area contributed by atoms with E-state index in [0.29, 0.717) is 0 Å². The summed E-state index contributed by atoms with van der Waals surface area (Å²) in [6.07, 6.45) is 2.61. The van der Waals surface area contributed by atoms with E-state index in [1.807, 2.05) is 13.0 Å². The molecule has 0 aliphatic rings. The van der Waals surface area contributed by atoms with Crippen LogP contribution in [0.2, 0.25) is 0 Å². The van der Waals surface area contributed by atoms with Gasteiger partial charge < -0.3 is 5.11 Å². The second-order valence-electron chi connectivity index (χ2n) is 4.71. The Hall–Kier alpha value is -2.11. The maximum atomic E-state index is 12.9. The van der Waals surface area contributed by atoms with Crippen LogP contribution < -0.4 is 0 Å². The van der Waals surface area contributed by atoms with Crippen molar-refractivity contribution in [3.63, 3.8) is 0 Å². The lowest BCUT2D eigenvalue weighted by molar-refractivity contribution is 0.223. The average Bonchev–Trinajstić information content (AvgIpc) is 2.97.